The van der Waals surface area contributed by atoms with Crippen molar-refractivity contribution in [1.82, 2.24) is 15.3 Å². The van der Waals surface area contributed by atoms with Crippen LogP contribution in [0, 0.1) is 0 Å². The summed E-state index contributed by atoms with van der Waals surface area (Å²) in [5.41, 5.74) is 8.00. The summed E-state index contributed by atoms with van der Waals surface area (Å²) in [6.45, 7) is 3.07. The summed E-state index contributed by atoms with van der Waals surface area (Å²) in [7, 11) is 0. The molecule has 2 aliphatic rings. The lowest BCUT2D eigenvalue weighted by atomic mass is 10.1. The Morgan fingerprint density at radius 1 is 1.25 bits per heavy atom. The molecular formula is C17H23N5OS. The highest BCUT2D eigenvalue weighted by atomic mass is 32.1. The molecule has 0 bridgehead atoms. The van der Waals surface area contributed by atoms with Crippen LogP contribution in [0.5, 0.6) is 5.88 Å². The molecule has 4 rings (SSSR count). The first-order chi connectivity index (χ1) is 11.8. The van der Waals surface area contributed by atoms with Crippen LogP contribution in [-0.2, 0) is 0 Å². The Bertz CT molecular complexity index is 668. The van der Waals surface area contributed by atoms with Gasteiger partial charge < -0.3 is 20.7 Å². The van der Waals surface area contributed by atoms with Gasteiger partial charge in [0.2, 0.25) is 5.88 Å². The summed E-state index contributed by atoms with van der Waals surface area (Å²) < 4.78 is 5.99. The van der Waals surface area contributed by atoms with Crippen molar-refractivity contribution in [2.24, 2.45) is 0 Å². The van der Waals surface area contributed by atoms with Gasteiger partial charge in [-0.1, -0.05) is 0 Å². The van der Waals surface area contributed by atoms with Crippen LogP contribution < -0.4 is 20.7 Å². The second-order valence-electron chi connectivity index (χ2n) is 6.38. The minimum Gasteiger partial charge on any atom is -0.474 e. The Kier molecular flexibility index (Phi) is 4.53. The van der Waals surface area contributed by atoms with Crippen LogP contribution in [0.25, 0.3) is 0 Å². The van der Waals surface area contributed by atoms with Gasteiger partial charge in [-0.15, -0.1) is 11.3 Å². The number of nitrogens with zero attached hydrogens (tertiary/aromatic N) is 3. The average Bonchev–Trinajstić information content (AvgIpc) is 3.25. The van der Waals surface area contributed by atoms with Crippen molar-refractivity contribution in [3.63, 3.8) is 0 Å². The van der Waals surface area contributed by atoms with E-state index in [2.05, 4.69) is 31.6 Å². The van der Waals surface area contributed by atoms with E-state index in [-0.39, 0.29) is 6.10 Å². The highest BCUT2D eigenvalue weighted by Crippen LogP contribution is 2.36. The van der Waals surface area contributed by atoms with Crippen LogP contribution in [0.1, 0.15) is 37.4 Å². The SMILES string of the molecule is Nc1nc(C2CCCN2c2ccc(OC3CCNCC3)nc2)cs1. The van der Waals surface area contributed by atoms with Gasteiger partial charge in [0.05, 0.1) is 23.6 Å². The summed E-state index contributed by atoms with van der Waals surface area (Å²) in [6.07, 6.45) is 6.56. The average molecular weight is 345 g/mol. The molecule has 24 heavy (non-hydrogen) atoms. The zero-order valence-electron chi connectivity index (χ0n) is 13.6. The Balaban J connectivity index is 1.45. The topological polar surface area (TPSA) is 76.3 Å². The van der Waals surface area contributed by atoms with Crippen LogP contribution in [0.3, 0.4) is 0 Å². The van der Waals surface area contributed by atoms with Gasteiger partial charge in [-0.3, -0.25) is 0 Å². The van der Waals surface area contributed by atoms with E-state index in [4.69, 9.17) is 10.5 Å². The third kappa shape index (κ3) is 3.32. The van der Waals surface area contributed by atoms with Gasteiger partial charge >= 0.3 is 0 Å². The third-order valence-electron chi connectivity index (χ3n) is 4.76. The number of aromatic nitrogens is 2. The molecule has 7 heteroatoms. The predicted octanol–water partition coefficient (Wildman–Crippen LogP) is 2.59. The second kappa shape index (κ2) is 6.94. The van der Waals surface area contributed by atoms with Gasteiger partial charge in [0.15, 0.2) is 5.13 Å². The second-order valence-corrected chi connectivity index (χ2v) is 7.27. The lowest BCUT2D eigenvalue weighted by molar-refractivity contribution is 0.156. The number of thiazole rings is 1. The first-order valence-electron chi connectivity index (χ1n) is 8.60. The van der Waals surface area contributed by atoms with Crippen LogP contribution in [0.2, 0.25) is 0 Å². The van der Waals surface area contributed by atoms with E-state index < -0.39 is 0 Å². The molecule has 128 valence electrons. The molecule has 1 unspecified atom stereocenters. The highest BCUT2D eigenvalue weighted by molar-refractivity contribution is 7.13. The lowest BCUT2D eigenvalue weighted by Gasteiger charge is -2.26. The lowest BCUT2D eigenvalue weighted by Crippen LogP contribution is -2.34. The van der Waals surface area contributed by atoms with Crippen LogP contribution in [0.15, 0.2) is 23.7 Å². The summed E-state index contributed by atoms with van der Waals surface area (Å²) in [4.78, 5) is 11.4. The zero-order chi connectivity index (χ0) is 16.4. The van der Waals surface area contributed by atoms with Crippen molar-refractivity contribution >= 4 is 22.2 Å². The quantitative estimate of drug-likeness (QED) is 0.887. The molecule has 3 N–H and O–H groups in total. The fraction of sp³-hybridized carbons (Fsp3) is 0.529. The van der Waals surface area contributed by atoms with E-state index >= 15 is 0 Å². The number of nitrogens with two attached hydrogens (primary N) is 1. The summed E-state index contributed by atoms with van der Waals surface area (Å²) in [5.74, 6) is 0.722. The molecule has 0 aliphatic carbocycles. The van der Waals surface area contributed by atoms with E-state index in [0.717, 1.165) is 62.6 Å². The molecular weight excluding hydrogens is 322 g/mol. The number of hydrogen-bond acceptors (Lipinski definition) is 7. The number of nitrogens with one attached hydrogen (secondary N) is 1. The maximum Gasteiger partial charge on any atom is 0.213 e. The molecule has 0 saturated carbocycles. The van der Waals surface area contributed by atoms with Crippen molar-refractivity contribution in [3.8, 4) is 5.88 Å². The molecule has 6 nitrogen and oxygen atoms in total. The molecule has 2 aromatic heterocycles. The molecule has 2 saturated heterocycles. The minimum absolute atomic E-state index is 0.280. The van der Waals surface area contributed by atoms with Crippen LogP contribution in [0.4, 0.5) is 10.8 Å². The summed E-state index contributed by atoms with van der Waals surface area (Å²) >= 11 is 1.51. The van der Waals surface area contributed by atoms with E-state index in [9.17, 15) is 0 Å². The van der Waals surface area contributed by atoms with Crippen LogP contribution in [-0.4, -0.2) is 35.7 Å². The van der Waals surface area contributed by atoms with Crippen LogP contribution >= 0.6 is 11.3 Å². The number of pyridine rings is 1. The molecule has 1 atom stereocenters. The minimum atomic E-state index is 0.280. The fourth-order valence-corrected chi connectivity index (χ4v) is 4.14. The molecule has 2 aromatic rings. The first kappa shape index (κ1) is 15.7. The molecule has 0 aromatic carbocycles. The summed E-state index contributed by atoms with van der Waals surface area (Å²) in [5, 5.41) is 6.06. The smallest absolute Gasteiger partial charge is 0.213 e. The van der Waals surface area contributed by atoms with Gasteiger partial charge in [-0.25, -0.2) is 9.97 Å². The maximum absolute atomic E-state index is 5.99. The van der Waals surface area contributed by atoms with E-state index in [1.807, 2.05) is 12.3 Å². The number of rotatable bonds is 4. The van der Waals surface area contributed by atoms with Gasteiger partial charge in [0.25, 0.3) is 0 Å². The fourth-order valence-electron chi connectivity index (χ4n) is 3.53. The highest BCUT2D eigenvalue weighted by Gasteiger charge is 2.28. The Labute approximate surface area is 146 Å². The Morgan fingerprint density at radius 2 is 2.12 bits per heavy atom. The van der Waals surface area contributed by atoms with E-state index in [1.54, 1.807) is 0 Å². The molecule has 2 aliphatic heterocycles. The maximum atomic E-state index is 5.99. The normalized spacial score (nSPS) is 22.0. The zero-order valence-corrected chi connectivity index (χ0v) is 14.5. The molecule has 0 radical (unpaired) electrons. The standard InChI is InChI=1S/C17H23N5OS/c18-17-21-14(11-24-17)15-2-1-9-22(15)12-3-4-16(20-10-12)23-13-5-7-19-8-6-13/h3-4,10-11,13,15,19H,1-2,5-9H2,(H2,18,21). The summed E-state index contributed by atoms with van der Waals surface area (Å²) in [6, 6.07) is 4.40. The molecule has 0 amide bonds. The molecule has 2 fully saturated rings. The van der Waals surface area contributed by atoms with E-state index in [0.29, 0.717) is 11.2 Å². The molecule has 0 spiro atoms. The first-order valence-corrected chi connectivity index (χ1v) is 9.48. The predicted molar refractivity (Wildman–Crippen MR) is 96.6 cm³/mol. The van der Waals surface area contributed by atoms with Crippen molar-refractivity contribution < 1.29 is 4.74 Å². The van der Waals surface area contributed by atoms with Gasteiger partial charge in [-0.2, -0.15) is 0 Å². The van der Waals surface area contributed by atoms with Crippen molar-refractivity contribution in [3.05, 3.63) is 29.4 Å². The third-order valence-corrected chi connectivity index (χ3v) is 5.45. The van der Waals surface area contributed by atoms with Gasteiger partial charge in [-0.05, 0) is 44.8 Å². The van der Waals surface area contributed by atoms with Crippen molar-refractivity contribution in [1.29, 1.82) is 0 Å². The molecule has 4 heterocycles. The van der Waals surface area contributed by atoms with Gasteiger partial charge in [0, 0.05) is 18.0 Å². The Morgan fingerprint density at radius 3 is 2.83 bits per heavy atom. The number of nitrogen functional groups attached to an aromatic ring is 1. The van der Waals surface area contributed by atoms with Gasteiger partial charge in [0.1, 0.15) is 6.10 Å². The number of anilines is 2. The van der Waals surface area contributed by atoms with E-state index in [1.165, 1.54) is 11.3 Å². The number of ether oxygens (including phenoxy) is 1. The number of hydrogen-bond donors (Lipinski definition) is 2. The van der Waals surface area contributed by atoms with Crippen molar-refractivity contribution in [2.45, 2.75) is 37.8 Å². The van der Waals surface area contributed by atoms with Crippen molar-refractivity contribution in [2.75, 3.05) is 30.3 Å². The Hall–Kier alpha value is -1.86. The number of piperidine rings is 1. The monoisotopic (exact) mass is 345 g/mol. The largest absolute Gasteiger partial charge is 0.474 e.